The van der Waals surface area contributed by atoms with Gasteiger partial charge in [-0.05, 0) is 18.6 Å². The first kappa shape index (κ1) is 18.3. The minimum Gasteiger partial charge on any atom is -0.395 e. The number of nitrogens with one attached hydrogen (secondary N) is 1. The van der Waals surface area contributed by atoms with Gasteiger partial charge in [0.2, 0.25) is 0 Å². The number of amides is 1. The maximum absolute atomic E-state index is 11.9. The van der Waals surface area contributed by atoms with Gasteiger partial charge >= 0.3 is 0 Å². The lowest BCUT2D eigenvalue weighted by Crippen LogP contribution is -2.40. The van der Waals surface area contributed by atoms with E-state index in [9.17, 15) is 30.2 Å². The maximum Gasteiger partial charge on any atom is 0.269 e. The fourth-order valence-electron chi connectivity index (χ4n) is 2.76. The summed E-state index contributed by atoms with van der Waals surface area (Å²) in [6.45, 7) is 0.923. The van der Waals surface area contributed by atoms with Crippen LogP contribution in [0.15, 0.2) is 24.3 Å². The molecule has 1 heterocycles. The van der Waals surface area contributed by atoms with Crippen LogP contribution in [0.25, 0.3) is 0 Å². The number of rotatable bonds is 7. The van der Waals surface area contributed by atoms with Crippen LogP contribution >= 0.6 is 0 Å². The van der Waals surface area contributed by atoms with Gasteiger partial charge in [0.15, 0.2) is 0 Å². The summed E-state index contributed by atoms with van der Waals surface area (Å²) in [6.07, 6.45) is -1.27. The van der Waals surface area contributed by atoms with Gasteiger partial charge in [-0.1, -0.05) is 0 Å². The van der Waals surface area contributed by atoms with E-state index >= 15 is 0 Å². The van der Waals surface area contributed by atoms with E-state index < -0.39 is 23.2 Å². The second-order valence-electron chi connectivity index (χ2n) is 5.72. The van der Waals surface area contributed by atoms with E-state index in [1.807, 2.05) is 0 Å². The highest BCUT2D eigenvalue weighted by Crippen LogP contribution is 2.18. The number of benzene rings is 1. The smallest absolute Gasteiger partial charge is 0.269 e. The molecule has 0 bridgehead atoms. The lowest BCUT2D eigenvalue weighted by atomic mass is 10.1. The Morgan fingerprint density at radius 1 is 1.33 bits per heavy atom. The van der Waals surface area contributed by atoms with Gasteiger partial charge < -0.3 is 20.6 Å². The van der Waals surface area contributed by atoms with Crippen molar-refractivity contribution in [2.24, 2.45) is 0 Å². The molecule has 4 N–H and O–H groups in total. The highest BCUT2D eigenvalue weighted by molar-refractivity contribution is 5.94. The third-order valence-corrected chi connectivity index (χ3v) is 4.11. The molecule has 0 unspecified atom stereocenters. The number of carbonyl (C=O) groups is 1. The summed E-state index contributed by atoms with van der Waals surface area (Å²) >= 11 is 0. The third-order valence-electron chi connectivity index (χ3n) is 4.11. The van der Waals surface area contributed by atoms with Crippen molar-refractivity contribution in [3.63, 3.8) is 0 Å². The molecule has 9 nitrogen and oxygen atoms in total. The van der Waals surface area contributed by atoms with Crippen LogP contribution in [-0.2, 0) is 0 Å². The Balaban J connectivity index is 1.76. The maximum atomic E-state index is 11.9. The zero-order valence-corrected chi connectivity index (χ0v) is 13.0. The average molecular weight is 339 g/mol. The fraction of sp³-hybridized carbons (Fsp3) is 0.533. The van der Waals surface area contributed by atoms with Crippen LogP contribution in [0, 0.1) is 10.1 Å². The minimum atomic E-state index is -0.968. The van der Waals surface area contributed by atoms with Gasteiger partial charge in [-0.2, -0.15) is 0 Å². The van der Waals surface area contributed by atoms with E-state index in [1.54, 1.807) is 4.90 Å². The van der Waals surface area contributed by atoms with Gasteiger partial charge in [-0.15, -0.1) is 0 Å². The molecule has 1 aliphatic heterocycles. The summed E-state index contributed by atoms with van der Waals surface area (Å²) in [5.74, 6) is -0.329. The van der Waals surface area contributed by atoms with Gasteiger partial charge in [-0.3, -0.25) is 19.8 Å². The van der Waals surface area contributed by atoms with Crippen LogP contribution < -0.4 is 5.32 Å². The lowest BCUT2D eigenvalue weighted by molar-refractivity contribution is -0.384. The van der Waals surface area contributed by atoms with Crippen LogP contribution in [0.3, 0.4) is 0 Å². The van der Waals surface area contributed by atoms with E-state index in [4.69, 9.17) is 0 Å². The van der Waals surface area contributed by atoms with E-state index in [2.05, 4.69) is 5.32 Å². The molecular formula is C15H21N3O6. The fourth-order valence-corrected chi connectivity index (χ4v) is 2.76. The van der Waals surface area contributed by atoms with E-state index in [-0.39, 0.29) is 24.7 Å². The minimum absolute atomic E-state index is 0.0762. The summed E-state index contributed by atoms with van der Waals surface area (Å²) in [5.41, 5.74) is 0.258. The van der Waals surface area contributed by atoms with Crippen molar-refractivity contribution < 1.29 is 25.0 Å². The molecule has 0 radical (unpaired) electrons. The largest absolute Gasteiger partial charge is 0.395 e. The topological polar surface area (TPSA) is 136 Å². The molecule has 1 aliphatic rings. The van der Waals surface area contributed by atoms with Gasteiger partial charge in [0.05, 0.1) is 29.8 Å². The van der Waals surface area contributed by atoms with Crippen molar-refractivity contribution in [2.75, 3.05) is 26.2 Å². The molecule has 1 aromatic rings. The molecule has 24 heavy (non-hydrogen) atoms. The number of β-amino-alcohol motifs (C(OH)–C–C–N with tert-alkyl or cyclic N) is 1. The van der Waals surface area contributed by atoms with Crippen molar-refractivity contribution in [2.45, 2.75) is 24.7 Å². The Hall–Kier alpha value is -2.07. The molecule has 0 spiro atoms. The number of nitro groups is 1. The van der Waals surface area contributed by atoms with Gasteiger partial charge in [0, 0.05) is 37.3 Å². The van der Waals surface area contributed by atoms with Crippen molar-refractivity contribution in [3.05, 3.63) is 39.9 Å². The van der Waals surface area contributed by atoms with Crippen LogP contribution in [0.1, 0.15) is 16.8 Å². The number of nitrogens with zero attached hydrogens (tertiary/aromatic N) is 2. The predicted octanol–water partition coefficient (Wildman–Crippen LogP) is -0.887. The first-order valence-corrected chi connectivity index (χ1v) is 7.67. The van der Waals surface area contributed by atoms with Crippen LogP contribution in [0.4, 0.5) is 5.69 Å². The summed E-state index contributed by atoms with van der Waals surface area (Å²) in [6, 6.07) is 4.83. The molecule has 9 heteroatoms. The van der Waals surface area contributed by atoms with Gasteiger partial charge in [0.25, 0.3) is 11.6 Å². The van der Waals surface area contributed by atoms with E-state index in [0.29, 0.717) is 25.1 Å². The Kier molecular flexibility index (Phi) is 6.21. The average Bonchev–Trinajstić information content (AvgIpc) is 2.85. The normalized spacial score (nSPS) is 24.0. The Labute approximate surface area is 138 Å². The van der Waals surface area contributed by atoms with Crippen LogP contribution in [-0.4, -0.2) is 75.5 Å². The molecule has 132 valence electrons. The van der Waals surface area contributed by atoms with Crippen molar-refractivity contribution in [1.29, 1.82) is 0 Å². The molecular weight excluding hydrogens is 318 g/mol. The molecule has 1 saturated heterocycles. The van der Waals surface area contributed by atoms with Crippen LogP contribution in [0.2, 0.25) is 0 Å². The number of aliphatic hydroxyl groups is 3. The Morgan fingerprint density at radius 3 is 2.58 bits per heavy atom. The number of hydrogen-bond acceptors (Lipinski definition) is 7. The highest BCUT2D eigenvalue weighted by atomic mass is 16.6. The van der Waals surface area contributed by atoms with Crippen molar-refractivity contribution >= 4 is 11.6 Å². The summed E-state index contributed by atoms with van der Waals surface area (Å²) < 4.78 is 0. The summed E-state index contributed by atoms with van der Waals surface area (Å²) in [4.78, 5) is 23.8. The van der Waals surface area contributed by atoms with Crippen molar-refractivity contribution in [3.8, 4) is 0 Å². The first-order chi connectivity index (χ1) is 11.4. The molecule has 0 aliphatic carbocycles. The molecule has 1 fully saturated rings. The standard InChI is InChI=1S/C15H21N3O6/c19-9-12-14(21)13(20)8-17(12)7-1-6-16-15(22)10-2-4-11(5-3-10)18(23)24/h2-5,12-14,19-21H,1,6-9H2,(H,16,22)/t12-,13-,14-/m1/s1. The van der Waals surface area contributed by atoms with E-state index in [0.717, 1.165) is 0 Å². The third kappa shape index (κ3) is 4.26. The second kappa shape index (κ2) is 8.15. The number of hydrogen-bond donors (Lipinski definition) is 4. The molecule has 0 aromatic heterocycles. The number of aliphatic hydroxyl groups excluding tert-OH is 3. The molecule has 0 saturated carbocycles. The first-order valence-electron chi connectivity index (χ1n) is 7.67. The zero-order valence-electron chi connectivity index (χ0n) is 13.0. The molecule has 3 atom stereocenters. The Bertz CT molecular complexity index is 579. The number of carbonyl (C=O) groups excluding carboxylic acids is 1. The molecule has 2 rings (SSSR count). The number of likely N-dealkylation sites (tertiary alicyclic amines) is 1. The predicted molar refractivity (Wildman–Crippen MR) is 84.5 cm³/mol. The van der Waals surface area contributed by atoms with Crippen LogP contribution in [0.5, 0.6) is 0 Å². The Morgan fingerprint density at radius 2 is 2.00 bits per heavy atom. The SMILES string of the molecule is O=C(NCCCN1C[C@@H](O)[C@H](O)[C@H]1CO)c1ccc([N+](=O)[O-])cc1. The van der Waals surface area contributed by atoms with Crippen molar-refractivity contribution in [1.82, 2.24) is 10.2 Å². The number of nitro benzene ring substituents is 1. The monoisotopic (exact) mass is 339 g/mol. The summed E-state index contributed by atoms with van der Waals surface area (Å²) in [5, 5.41) is 41.8. The number of non-ortho nitro benzene ring substituents is 1. The molecule has 1 aromatic carbocycles. The molecule has 1 amide bonds. The van der Waals surface area contributed by atoms with Gasteiger partial charge in [0.1, 0.15) is 0 Å². The summed E-state index contributed by atoms with van der Waals surface area (Å²) in [7, 11) is 0. The van der Waals surface area contributed by atoms with Gasteiger partial charge in [-0.25, -0.2) is 0 Å². The second-order valence-corrected chi connectivity index (χ2v) is 5.72. The lowest BCUT2D eigenvalue weighted by Gasteiger charge is -2.23. The zero-order chi connectivity index (χ0) is 17.7. The quantitative estimate of drug-likeness (QED) is 0.287. The highest BCUT2D eigenvalue weighted by Gasteiger charge is 2.38. The van der Waals surface area contributed by atoms with E-state index in [1.165, 1.54) is 24.3 Å².